The fourth-order valence-corrected chi connectivity index (χ4v) is 4.22. The molecule has 12 heteroatoms. The van der Waals surface area contributed by atoms with Crippen LogP contribution in [0, 0.1) is 0 Å². The highest BCUT2D eigenvalue weighted by Gasteiger charge is 2.26. The van der Waals surface area contributed by atoms with Crippen LogP contribution < -0.4 is 10.9 Å². The molecule has 9 nitrogen and oxygen atoms in total. The molecule has 0 bridgehead atoms. The minimum absolute atomic E-state index is 0.000362. The summed E-state index contributed by atoms with van der Waals surface area (Å²) in [5.74, 6) is -0.531. The smallest absolute Gasteiger partial charge is 0.287 e. The number of morpholine rings is 1. The molecule has 0 atom stereocenters. The van der Waals surface area contributed by atoms with Gasteiger partial charge in [-0.15, -0.1) is 0 Å². The maximum atomic E-state index is 12.6. The van der Waals surface area contributed by atoms with Gasteiger partial charge < -0.3 is 10.1 Å². The Morgan fingerprint density at radius 2 is 1.82 bits per heavy atom. The summed E-state index contributed by atoms with van der Waals surface area (Å²) >= 11 is 11.4. The van der Waals surface area contributed by atoms with Crippen molar-refractivity contribution in [2.45, 2.75) is 11.4 Å². The minimum atomic E-state index is -3.61. The monoisotopic (exact) mass is 446 g/mol. The molecular weight excluding hydrogens is 431 g/mol. The van der Waals surface area contributed by atoms with Crippen molar-refractivity contribution in [3.8, 4) is 0 Å². The number of carbonyl (C=O) groups excluding carboxylic acids is 1. The fourth-order valence-electron chi connectivity index (χ4n) is 2.54. The van der Waals surface area contributed by atoms with Crippen LogP contribution in [0.25, 0.3) is 0 Å². The molecule has 0 radical (unpaired) electrons. The highest BCUT2D eigenvalue weighted by molar-refractivity contribution is 7.89. The molecule has 150 valence electrons. The van der Waals surface area contributed by atoms with Crippen molar-refractivity contribution >= 4 is 44.8 Å². The summed E-state index contributed by atoms with van der Waals surface area (Å²) < 4.78 is 32.5. The molecule has 2 aromatic rings. The number of benzene rings is 1. The molecule has 1 amide bonds. The van der Waals surface area contributed by atoms with Gasteiger partial charge in [-0.2, -0.15) is 9.40 Å². The molecule has 0 spiro atoms. The summed E-state index contributed by atoms with van der Waals surface area (Å²) in [5, 5.41) is 6.10. The molecule has 0 unspecified atom stereocenters. The molecule has 3 rings (SSSR count). The van der Waals surface area contributed by atoms with Crippen molar-refractivity contribution < 1.29 is 17.9 Å². The van der Waals surface area contributed by atoms with Gasteiger partial charge in [0, 0.05) is 18.8 Å². The van der Waals surface area contributed by atoms with Gasteiger partial charge >= 0.3 is 0 Å². The van der Waals surface area contributed by atoms with E-state index in [-0.39, 0.29) is 21.5 Å². The zero-order chi connectivity index (χ0) is 20.3. The van der Waals surface area contributed by atoms with Crippen LogP contribution in [0.4, 0.5) is 5.69 Å². The number of halogens is 2. The van der Waals surface area contributed by atoms with Crippen LogP contribution in [0.1, 0.15) is 0 Å². The zero-order valence-corrected chi connectivity index (χ0v) is 16.8. The van der Waals surface area contributed by atoms with Crippen LogP contribution in [-0.2, 0) is 26.1 Å². The van der Waals surface area contributed by atoms with Crippen molar-refractivity contribution in [1.82, 2.24) is 14.1 Å². The molecule has 1 aliphatic heterocycles. The lowest BCUT2D eigenvalue weighted by atomic mass is 10.3. The second-order valence-corrected chi connectivity index (χ2v) is 8.58. The molecule has 2 heterocycles. The number of sulfonamides is 1. The number of carbonyl (C=O) groups is 1. The first-order valence-corrected chi connectivity index (χ1v) is 10.4. The second kappa shape index (κ2) is 8.58. The van der Waals surface area contributed by atoms with E-state index in [1.165, 1.54) is 34.8 Å². The standard InChI is InChI=1S/C16H16Cl2N4O5S/c17-13-9-19-22(16(24)15(13)18)10-14(23)20-11-1-3-12(4-2-11)28(25,26)21-5-7-27-8-6-21/h1-4,9H,5-8,10H2,(H,20,23). The summed E-state index contributed by atoms with van der Waals surface area (Å²) in [7, 11) is -3.61. The highest BCUT2D eigenvalue weighted by atomic mass is 35.5. The lowest BCUT2D eigenvalue weighted by Gasteiger charge is -2.26. The summed E-state index contributed by atoms with van der Waals surface area (Å²) in [6.45, 7) is 0.937. The van der Waals surface area contributed by atoms with Crippen LogP contribution in [0.3, 0.4) is 0 Å². The van der Waals surface area contributed by atoms with E-state index in [0.717, 1.165) is 4.68 Å². The quantitative estimate of drug-likeness (QED) is 0.738. The van der Waals surface area contributed by atoms with E-state index in [2.05, 4.69) is 10.4 Å². The van der Waals surface area contributed by atoms with Crippen molar-refractivity contribution in [1.29, 1.82) is 0 Å². The van der Waals surface area contributed by atoms with Gasteiger partial charge in [0.25, 0.3) is 5.56 Å². The normalized spacial score (nSPS) is 15.4. The number of hydrogen-bond donors (Lipinski definition) is 1. The molecule has 0 saturated carbocycles. The summed E-state index contributed by atoms with van der Waals surface area (Å²) in [5.41, 5.74) is -0.310. The van der Waals surface area contributed by atoms with Gasteiger partial charge in [-0.25, -0.2) is 13.1 Å². The summed E-state index contributed by atoms with van der Waals surface area (Å²) in [6.07, 6.45) is 1.17. The van der Waals surface area contributed by atoms with Gasteiger partial charge in [-0.05, 0) is 24.3 Å². The van der Waals surface area contributed by atoms with E-state index in [4.69, 9.17) is 27.9 Å². The minimum Gasteiger partial charge on any atom is -0.379 e. The Morgan fingerprint density at radius 3 is 2.46 bits per heavy atom. The zero-order valence-electron chi connectivity index (χ0n) is 14.5. The first-order valence-electron chi connectivity index (χ1n) is 8.18. The van der Waals surface area contributed by atoms with Crippen molar-refractivity contribution in [2.75, 3.05) is 31.6 Å². The molecular formula is C16H16Cl2N4O5S. The first kappa shape index (κ1) is 20.7. The average molecular weight is 447 g/mol. The number of ether oxygens (including phenoxy) is 1. The molecule has 28 heavy (non-hydrogen) atoms. The predicted molar refractivity (Wildman–Crippen MR) is 103 cm³/mol. The van der Waals surface area contributed by atoms with Gasteiger partial charge in [0.05, 0.1) is 29.3 Å². The molecule has 1 aromatic carbocycles. The number of nitrogens with zero attached hydrogens (tertiary/aromatic N) is 3. The molecule has 1 fully saturated rings. The SMILES string of the molecule is O=C(Cn1ncc(Cl)c(Cl)c1=O)Nc1ccc(S(=O)(=O)N2CCOCC2)cc1. The first-order chi connectivity index (χ1) is 13.3. The van der Waals surface area contributed by atoms with Crippen LogP contribution in [0.2, 0.25) is 10.0 Å². The van der Waals surface area contributed by atoms with E-state index in [1.54, 1.807) is 0 Å². The highest BCUT2D eigenvalue weighted by Crippen LogP contribution is 2.19. The van der Waals surface area contributed by atoms with Crippen LogP contribution in [-0.4, -0.2) is 54.7 Å². The Bertz CT molecular complexity index is 1030. The van der Waals surface area contributed by atoms with Gasteiger partial charge in [-0.3, -0.25) is 9.59 Å². The number of rotatable bonds is 5. The third kappa shape index (κ3) is 4.53. The fraction of sp³-hybridized carbons (Fsp3) is 0.312. The Kier molecular flexibility index (Phi) is 6.36. The topological polar surface area (TPSA) is 111 Å². The maximum absolute atomic E-state index is 12.6. The number of nitrogens with one attached hydrogen (secondary N) is 1. The van der Waals surface area contributed by atoms with Crippen LogP contribution >= 0.6 is 23.2 Å². The van der Waals surface area contributed by atoms with Gasteiger partial charge in [0.2, 0.25) is 15.9 Å². The van der Waals surface area contributed by atoms with E-state index >= 15 is 0 Å². The number of hydrogen-bond acceptors (Lipinski definition) is 6. The summed E-state index contributed by atoms with van der Waals surface area (Å²) in [6, 6.07) is 5.75. The number of anilines is 1. The lowest BCUT2D eigenvalue weighted by molar-refractivity contribution is -0.117. The second-order valence-electron chi connectivity index (χ2n) is 5.86. The number of amides is 1. The van der Waals surface area contributed by atoms with E-state index < -0.39 is 21.5 Å². The molecule has 1 aliphatic rings. The van der Waals surface area contributed by atoms with Crippen molar-refractivity contribution in [2.24, 2.45) is 0 Å². The molecule has 1 N–H and O–H groups in total. The van der Waals surface area contributed by atoms with E-state index in [1.807, 2.05) is 0 Å². The Balaban J connectivity index is 1.68. The van der Waals surface area contributed by atoms with E-state index in [0.29, 0.717) is 32.0 Å². The maximum Gasteiger partial charge on any atom is 0.287 e. The van der Waals surface area contributed by atoms with E-state index in [9.17, 15) is 18.0 Å². The largest absolute Gasteiger partial charge is 0.379 e. The molecule has 1 aromatic heterocycles. The lowest BCUT2D eigenvalue weighted by Crippen LogP contribution is -2.40. The van der Waals surface area contributed by atoms with Crippen LogP contribution in [0.5, 0.6) is 0 Å². The van der Waals surface area contributed by atoms with Crippen LogP contribution in [0.15, 0.2) is 40.2 Å². The molecule has 1 saturated heterocycles. The predicted octanol–water partition coefficient (Wildman–Crippen LogP) is 1.21. The Labute approximate surface area is 170 Å². The number of aromatic nitrogens is 2. The van der Waals surface area contributed by atoms with Crippen molar-refractivity contribution in [3.63, 3.8) is 0 Å². The van der Waals surface area contributed by atoms with Gasteiger partial charge in [-0.1, -0.05) is 23.2 Å². The Hall–Kier alpha value is -1.98. The molecule has 0 aliphatic carbocycles. The van der Waals surface area contributed by atoms with Crippen molar-refractivity contribution in [3.05, 3.63) is 50.9 Å². The average Bonchev–Trinajstić information content (AvgIpc) is 2.69. The third-order valence-electron chi connectivity index (χ3n) is 3.98. The van der Waals surface area contributed by atoms with Gasteiger partial charge in [0.15, 0.2) is 0 Å². The summed E-state index contributed by atoms with van der Waals surface area (Å²) in [4.78, 5) is 24.2. The van der Waals surface area contributed by atoms with Gasteiger partial charge in [0.1, 0.15) is 11.6 Å². The Morgan fingerprint density at radius 1 is 1.18 bits per heavy atom. The third-order valence-corrected chi connectivity index (χ3v) is 6.64.